The summed E-state index contributed by atoms with van der Waals surface area (Å²) in [7, 11) is 4.67. The zero-order valence-electron chi connectivity index (χ0n) is 19.5. The summed E-state index contributed by atoms with van der Waals surface area (Å²) in [5.74, 6) is 1.52. The highest BCUT2D eigenvalue weighted by Crippen LogP contribution is 2.45. The molecule has 3 aromatic rings. The lowest BCUT2D eigenvalue weighted by Gasteiger charge is -2.40. The van der Waals surface area contributed by atoms with Gasteiger partial charge in [-0.2, -0.15) is 9.78 Å². The zero-order valence-corrected chi connectivity index (χ0v) is 20.4. The monoisotopic (exact) mass is 499 g/mol. The van der Waals surface area contributed by atoms with Crippen LogP contribution in [0.5, 0.6) is 17.2 Å². The summed E-state index contributed by atoms with van der Waals surface area (Å²) in [4.78, 5) is 34.3. The molecule has 2 aromatic heterocycles. The standard InChI is InChI=1S/C23H25N5O6S/c1-31-16-11-14(12-17(32-2)19(16)33-3)18(20-22(30)28-23(35-20)24-13-25-28)26-6-8-27(9-7-26)21(29)15-5-4-10-34-15/h4-5,10-13,18,20H,6-9H2,1-3H3. The van der Waals surface area contributed by atoms with Gasteiger partial charge in [-0.25, -0.2) is 4.98 Å². The minimum Gasteiger partial charge on any atom is -0.493 e. The Morgan fingerprint density at radius 3 is 2.40 bits per heavy atom. The molecule has 0 radical (unpaired) electrons. The lowest BCUT2D eigenvalue weighted by molar-refractivity contribution is 0.0516. The number of methoxy groups -OCH3 is 3. The topological polar surface area (TPSA) is 112 Å². The Morgan fingerprint density at radius 2 is 1.83 bits per heavy atom. The van der Waals surface area contributed by atoms with Crippen LogP contribution in [-0.4, -0.2) is 89.1 Å². The van der Waals surface area contributed by atoms with Crippen LogP contribution in [-0.2, 0) is 0 Å². The van der Waals surface area contributed by atoms with Gasteiger partial charge in [0.15, 0.2) is 22.4 Å². The van der Waals surface area contributed by atoms with Crippen molar-refractivity contribution in [3.05, 3.63) is 48.2 Å². The van der Waals surface area contributed by atoms with Crippen molar-refractivity contribution < 1.29 is 28.2 Å². The second-order valence-electron chi connectivity index (χ2n) is 8.04. The molecule has 1 aromatic carbocycles. The van der Waals surface area contributed by atoms with Crippen LogP contribution in [0.2, 0.25) is 0 Å². The number of carbonyl (C=O) groups is 2. The summed E-state index contributed by atoms with van der Waals surface area (Å²) in [6, 6.07) is 6.76. The number of nitrogens with zero attached hydrogens (tertiary/aromatic N) is 5. The lowest BCUT2D eigenvalue weighted by atomic mass is 9.98. The molecule has 4 heterocycles. The van der Waals surface area contributed by atoms with Gasteiger partial charge in [0.1, 0.15) is 11.6 Å². The van der Waals surface area contributed by atoms with Gasteiger partial charge >= 0.3 is 0 Å². The Bertz CT molecular complexity index is 1200. The fourth-order valence-corrected chi connectivity index (χ4v) is 5.79. The first-order valence-corrected chi connectivity index (χ1v) is 11.9. The number of aromatic nitrogens is 3. The van der Waals surface area contributed by atoms with Crippen LogP contribution in [0, 0.1) is 0 Å². The molecule has 0 spiro atoms. The average Bonchev–Trinajstić information content (AvgIpc) is 3.64. The lowest BCUT2D eigenvalue weighted by Crippen LogP contribution is -2.52. The van der Waals surface area contributed by atoms with Crippen molar-refractivity contribution >= 4 is 23.6 Å². The summed E-state index contributed by atoms with van der Waals surface area (Å²) in [5.41, 5.74) is 0.835. The van der Waals surface area contributed by atoms with Crippen molar-refractivity contribution in [3.8, 4) is 17.2 Å². The molecule has 2 atom stereocenters. The van der Waals surface area contributed by atoms with Gasteiger partial charge in [-0.05, 0) is 29.8 Å². The minimum atomic E-state index is -0.485. The Kier molecular flexibility index (Phi) is 6.39. The molecular weight excluding hydrogens is 474 g/mol. The minimum absolute atomic E-state index is 0.143. The largest absolute Gasteiger partial charge is 0.493 e. The van der Waals surface area contributed by atoms with Crippen LogP contribution in [0.25, 0.3) is 0 Å². The number of ether oxygens (including phenoxy) is 3. The van der Waals surface area contributed by atoms with E-state index in [-0.39, 0.29) is 17.9 Å². The van der Waals surface area contributed by atoms with Crippen molar-refractivity contribution in [2.24, 2.45) is 0 Å². The van der Waals surface area contributed by atoms with E-state index in [1.807, 2.05) is 12.1 Å². The second-order valence-corrected chi connectivity index (χ2v) is 9.15. The maximum Gasteiger partial charge on any atom is 0.289 e. The molecule has 5 rings (SSSR count). The molecule has 11 nitrogen and oxygen atoms in total. The van der Waals surface area contributed by atoms with Gasteiger partial charge in [-0.3, -0.25) is 14.5 Å². The number of thioether (sulfide) groups is 1. The van der Waals surface area contributed by atoms with E-state index >= 15 is 0 Å². The van der Waals surface area contributed by atoms with Gasteiger partial charge in [-0.15, -0.1) is 0 Å². The summed E-state index contributed by atoms with van der Waals surface area (Å²) in [6.07, 6.45) is 2.87. The number of fused-ring (bicyclic) bond motifs is 1. The Morgan fingerprint density at radius 1 is 1.11 bits per heavy atom. The van der Waals surface area contributed by atoms with Crippen LogP contribution in [0.4, 0.5) is 0 Å². The van der Waals surface area contributed by atoms with Gasteiger partial charge in [0.05, 0.1) is 33.6 Å². The Labute approximate surface area is 205 Å². The summed E-state index contributed by atoms with van der Waals surface area (Å²) in [5, 5.41) is 4.17. The molecule has 0 saturated carbocycles. The second kappa shape index (κ2) is 9.62. The normalized spacial score (nSPS) is 18.9. The van der Waals surface area contributed by atoms with Crippen molar-refractivity contribution in [1.29, 1.82) is 0 Å². The van der Waals surface area contributed by atoms with Crippen LogP contribution in [0.15, 0.2) is 46.4 Å². The maximum absolute atomic E-state index is 13.3. The number of carbonyl (C=O) groups excluding carboxylic acids is 2. The first-order valence-electron chi connectivity index (χ1n) is 11.0. The number of piperazine rings is 1. The molecule has 1 fully saturated rings. The first kappa shape index (κ1) is 23.2. The fraction of sp³-hybridized carbons (Fsp3) is 0.391. The third-order valence-corrected chi connectivity index (χ3v) is 7.45. The summed E-state index contributed by atoms with van der Waals surface area (Å²) >= 11 is 1.38. The summed E-state index contributed by atoms with van der Waals surface area (Å²) in [6.45, 7) is 2.12. The molecule has 12 heteroatoms. The van der Waals surface area contributed by atoms with E-state index in [4.69, 9.17) is 18.6 Å². The van der Waals surface area contributed by atoms with Crippen molar-refractivity contribution in [2.75, 3.05) is 47.5 Å². The van der Waals surface area contributed by atoms with Gasteiger partial charge in [0.25, 0.3) is 11.8 Å². The highest BCUT2D eigenvalue weighted by Gasteiger charge is 2.44. The Balaban J connectivity index is 1.47. The molecule has 0 bridgehead atoms. The van der Waals surface area contributed by atoms with E-state index in [1.165, 1.54) is 29.0 Å². The van der Waals surface area contributed by atoms with Crippen molar-refractivity contribution in [3.63, 3.8) is 0 Å². The molecule has 0 N–H and O–H groups in total. The SMILES string of the molecule is COc1cc(C(C2Sc3ncnn3C2=O)N2CCN(C(=O)c3ccco3)CC2)cc(OC)c1OC. The van der Waals surface area contributed by atoms with Gasteiger partial charge in [-0.1, -0.05) is 11.8 Å². The number of benzene rings is 1. The summed E-state index contributed by atoms with van der Waals surface area (Å²) < 4.78 is 23.3. The van der Waals surface area contributed by atoms with Gasteiger partial charge < -0.3 is 23.5 Å². The highest BCUT2D eigenvalue weighted by molar-refractivity contribution is 8.00. The molecule has 2 aliphatic rings. The van der Waals surface area contributed by atoms with Gasteiger partial charge in [0.2, 0.25) is 5.75 Å². The number of hydrogen-bond acceptors (Lipinski definition) is 10. The molecule has 1 amide bonds. The number of rotatable bonds is 7. The fourth-order valence-electron chi connectivity index (χ4n) is 4.55. The number of amides is 1. The zero-order chi connectivity index (χ0) is 24.5. The van der Waals surface area contributed by atoms with Crippen molar-refractivity contribution in [2.45, 2.75) is 16.4 Å². The third kappa shape index (κ3) is 4.12. The van der Waals surface area contributed by atoms with E-state index < -0.39 is 5.25 Å². The predicted octanol–water partition coefficient (Wildman–Crippen LogP) is 2.21. The van der Waals surface area contributed by atoms with Crippen LogP contribution in [0.3, 0.4) is 0 Å². The quantitative estimate of drug-likeness (QED) is 0.480. The molecule has 2 unspecified atom stereocenters. The predicted molar refractivity (Wildman–Crippen MR) is 125 cm³/mol. The van der Waals surface area contributed by atoms with Gasteiger partial charge in [0, 0.05) is 26.2 Å². The highest BCUT2D eigenvalue weighted by atomic mass is 32.2. The number of furan rings is 1. The molecule has 184 valence electrons. The molecule has 35 heavy (non-hydrogen) atoms. The van der Waals surface area contributed by atoms with Crippen molar-refractivity contribution in [1.82, 2.24) is 24.6 Å². The first-order chi connectivity index (χ1) is 17.0. The van der Waals surface area contributed by atoms with E-state index in [0.29, 0.717) is 54.3 Å². The molecular formula is C23H25N5O6S. The van der Waals surface area contributed by atoms with Crippen LogP contribution in [0.1, 0.15) is 27.0 Å². The Hall–Kier alpha value is -3.51. The average molecular weight is 500 g/mol. The maximum atomic E-state index is 13.3. The van der Waals surface area contributed by atoms with E-state index in [2.05, 4.69) is 15.0 Å². The van der Waals surface area contributed by atoms with E-state index in [0.717, 1.165) is 5.56 Å². The number of hydrogen-bond donors (Lipinski definition) is 0. The smallest absolute Gasteiger partial charge is 0.289 e. The van der Waals surface area contributed by atoms with Crippen LogP contribution >= 0.6 is 11.8 Å². The molecule has 0 aliphatic carbocycles. The van der Waals surface area contributed by atoms with E-state index in [9.17, 15) is 9.59 Å². The van der Waals surface area contributed by atoms with E-state index in [1.54, 1.807) is 38.4 Å². The molecule has 2 aliphatic heterocycles. The van der Waals surface area contributed by atoms with Crippen LogP contribution < -0.4 is 14.2 Å². The third-order valence-electron chi connectivity index (χ3n) is 6.24. The molecule has 1 saturated heterocycles.